The number of nitrogens with one attached hydrogen (secondary N) is 1. The zero-order valence-electron chi connectivity index (χ0n) is 16.7. The number of hydrogen-bond acceptors (Lipinski definition) is 2. The van der Waals surface area contributed by atoms with Gasteiger partial charge >= 0.3 is 0 Å². The molecule has 29 heavy (non-hydrogen) atoms. The average molecular weight is 484 g/mol. The number of benzene rings is 2. The normalized spacial score (nSPS) is 12.9. The van der Waals surface area contributed by atoms with Crippen LogP contribution in [0.5, 0.6) is 0 Å². The maximum Gasteiger partial charge on any atom is 0.242 e. The maximum absolute atomic E-state index is 14.2. The minimum absolute atomic E-state index is 0.00408. The summed E-state index contributed by atoms with van der Waals surface area (Å²) in [6.07, 6.45) is 0.562. The number of hydrogen-bond donors (Lipinski definition) is 1. The molecule has 0 aliphatic heterocycles. The van der Waals surface area contributed by atoms with Gasteiger partial charge in [0.25, 0.3) is 0 Å². The Morgan fingerprint density at radius 1 is 1.17 bits per heavy atom. The molecule has 0 aromatic heterocycles. The minimum Gasteiger partial charge on any atom is -0.352 e. The second-order valence-corrected chi connectivity index (χ2v) is 8.34. The fourth-order valence-corrected chi connectivity index (χ4v) is 3.28. The summed E-state index contributed by atoms with van der Waals surface area (Å²) in [7, 11) is 0. The van der Waals surface area contributed by atoms with Gasteiger partial charge in [-0.05, 0) is 50.1 Å². The molecule has 0 heterocycles. The Balaban J connectivity index is 2.28. The van der Waals surface area contributed by atoms with E-state index in [1.54, 1.807) is 13.0 Å². The third-order valence-corrected chi connectivity index (χ3v) is 5.71. The molecule has 0 radical (unpaired) electrons. The molecule has 0 aliphatic carbocycles. The highest BCUT2D eigenvalue weighted by Gasteiger charge is 2.28. The summed E-state index contributed by atoms with van der Waals surface area (Å²) < 4.78 is 15.1. The average Bonchev–Trinajstić information content (AvgIpc) is 2.69. The zero-order valence-corrected chi connectivity index (χ0v) is 19.1. The number of carbonyl (C=O) groups is 2. The SMILES string of the molecule is CC[C@@H](C)NC(=O)[C@H](C)N(Cc1ccc(Br)cc1)C(=O)Cc1c(F)cccc1Cl. The lowest BCUT2D eigenvalue weighted by atomic mass is 10.1. The van der Waals surface area contributed by atoms with Gasteiger partial charge < -0.3 is 10.2 Å². The molecular formula is C22H25BrClFN2O2. The van der Waals surface area contributed by atoms with Crippen molar-refractivity contribution in [1.82, 2.24) is 10.2 Å². The van der Waals surface area contributed by atoms with Crippen LogP contribution in [-0.2, 0) is 22.6 Å². The maximum atomic E-state index is 14.2. The van der Waals surface area contributed by atoms with Crippen LogP contribution in [0.15, 0.2) is 46.9 Å². The predicted octanol–water partition coefficient (Wildman–Crippen LogP) is 5.12. The Morgan fingerprint density at radius 2 is 1.83 bits per heavy atom. The Labute approximate surface area is 184 Å². The van der Waals surface area contributed by atoms with Crippen molar-refractivity contribution in [3.05, 3.63) is 68.9 Å². The molecule has 0 unspecified atom stereocenters. The molecule has 0 aliphatic rings. The topological polar surface area (TPSA) is 49.4 Å². The van der Waals surface area contributed by atoms with E-state index in [-0.39, 0.29) is 41.4 Å². The smallest absolute Gasteiger partial charge is 0.242 e. The Morgan fingerprint density at radius 3 is 2.41 bits per heavy atom. The number of rotatable bonds is 8. The summed E-state index contributed by atoms with van der Waals surface area (Å²) in [5.41, 5.74) is 0.999. The molecule has 2 amide bonds. The third-order valence-electron chi connectivity index (χ3n) is 4.82. The van der Waals surface area contributed by atoms with Gasteiger partial charge in [-0.3, -0.25) is 9.59 Å². The van der Waals surface area contributed by atoms with Crippen LogP contribution in [0.4, 0.5) is 4.39 Å². The van der Waals surface area contributed by atoms with E-state index in [1.165, 1.54) is 17.0 Å². The van der Waals surface area contributed by atoms with Crippen LogP contribution in [0.2, 0.25) is 5.02 Å². The van der Waals surface area contributed by atoms with E-state index >= 15 is 0 Å². The van der Waals surface area contributed by atoms with Gasteiger partial charge in [0.2, 0.25) is 11.8 Å². The number of amides is 2. The molecule has 7 heteroatoms. The first-order valence-corrected chi connectivity index (χ1v) is 10.7. The molecule has 0 spiro atoms. The lowest BCUT2D eigenvalue weighted by Crippen LogP contribution is -2.50. The van der Waals surface area contributed by atoms with E-state index in [9.17, 15) is 14.0 Å². The van der Waals surface area contributed by atoms with Crippen molar-refractivity contribution in [3.63, 3.8) is 0 Å². The lowest BCUT2D eigenvalue weighted by Gasteiger charge is -2.30. The summed E-state index contributed by atoms with van der Waals surface area (Å²) in [6, 6.07) is 11.1. The molecule has 2 aromatic carbocycles. The van der Waals surface area contributed by atoms with Crippen LogP contribution in [0.1, 0.15) is 38.3 Å². The van der Waals surface area contributed by atoms with Gasteiger partial charge in [-0.2, -0.15) is 0 Å². The quantitative estimate of drug-likeness (QED) is 0.567. The first-order chi connectivity index (χ1) is 13.7. The predicted molar refractivity (Wildman–Crippen MR) is 117 cm³/mol. The monoisotopic (exact) mass is 482 g/mol. The Kier molecular flexibility index (Phi) is 8.65. The fraction of sp³-hybridized carbons (Fsp3) is 0.364. The molecular weight excluding hydrogens is 459 g/mol. The summed E-state index contributed by atoms with van der Waals surface area (Å²) in [5, 5.41) is 3.10. The van der Waals surface area contributed by atoms with E-state index in [0.29, 0.717) is 0 Å². The van der Waals surface area contributed by atoms with Crippen molar-refractivity contribution in [1.29, 1.82) is 0 Å². The van der Waals surface area contributed by atoms with Crippen LogP contribution < -0.4 is 5.32 Å². The molecule has 0 bridgehead atoms. The highest BCUT2D eigenvalue weighted by molar-refractivity contribution is 9.10. The second kappa shape index (κ2) is 10.7. The van der Waals surface area contributed by atoms with Crippen molar-refractivity contribution in [3.8, 4) is 0 Å². The molecule has 0 fully saturated rings. The van der Waals surface area contributed by atoms with Gasteiger partial charge in [0.05, 0.1) is 6.42 Å². The van der Waals surface area contributed by atoms with E-state index < -0.39 is 11.9 Å². The van der Waals surface area contributed by atoms with E-state index in [0.717, 1.165) is 16.5 Å². The molecule has 2 rings (SSSR count). The van der Waals surface area contributed by atoms with Crippen LogP contribution >= 0.6 is 27.5 Å². The molecule has 0 saturated heterocycles. The highest BCUT2D eigenvalue weighted by Crippen LogP contribution is 2.22. The van der Waals surface area contributed by atoms with Gasteiger partial charge in [-0.1, -0.05) is 52.7 Å². The Hall–Kier alpha value is -1.92. The van der Waals surface area contributed by atoms with Crippen molar-refractivity contribution in [2.75, 3.05) is 0 Å². The number of nitrogens with zero attached hydrogens (tertiary/aromatic N) is 1. The van der Waals surface area contributed by atoms with E-state index in [2.05, 4.69) is 21.2 Å². The van der Waals surface area contributed by atoms with Crippen molar-refractivity contribution in [2.45, 2.75) is 52.2 Å². The van der Waals surface area contributed by atoms with Crippen molar-refractivity contribution >= 4 is 39.3 Å². The van der Waals surface area contributed by atoms with Gasteiger partial charge in [-0.25, -0.2) is 4.39 Å². The standard InChI is InChI=1S/C22H25BrClFN2O2/c1-4-14(2)26-22(29)15(3)27(13-16-8-10-17(23)11-9-16)21(28)12-18-19(24)6-5-7-20(18)25/h5-11,14-15H,4,12-13H2,1-3H3,(H,26,29)/t14-,15+/m1/s1. The Bertz CT molecular complexity index is 840. The summed E-state index contributed by atoms with van der Waals surface area (Å²) in [6.45, 7) is 5.79. The molecule has 0 saturated carbocycles. The highest BCUT2D eigenvalue weighted by atomic mass is 79.9. The molecule has 2 atom stereocenters. The first-order valence-electron chi connectivity index (χ1n) is 9.50. The van der Waals surface area contributed by atoms with Gasteiger partial charge in [0.1, 0.15) is 11.9 Å². The fourth-order valence-electron chi connectivity index (χ4n) is 2.79. The van der Waals surface area contributed by atoms with E-state index in [1.807, 2.05) is 38.1 Å². The summed E-state index contributed by atoms with van der Waals surface area (Å²) in [5.74, 6) is -1.15. The molecule has 1 N–H and O–H groups in total. The van der Waals surface area contributed by atoms with Gasteiger partial charge in [-0.15, -0.1) is 0 Å². The lowest BCUT2D eigenvalue weighted by molar-refractivity contribution is -0.140. The molecule has 2 aromatic rings. The first kappa shape index (κ1) is 23.4. The number of halogens is 3. The summed E-state index contributed by atoms with van der Waals surface area (Å²) >= 11 is 9.48. The summed E-state index contributed by atoms with van der Waals surface area (Å²) in [4.78, 5) is 27.2. The minimum atomic E-state index is -0.717. The van der Waals surface area contributed by atoms with Crippen LogP contribution in [0, 0.1) is 5.82 Å². The molecule has 156 valence electrons. The second-order valence-electron chi connectivity index (χ2n) is 7.02. The van der Waals surface area contributed by atoms with Crippen LogP contribution in [0.3, 0.4) is 0 Å². The van der Waals surface area contributed by atoms with Crippen LogP contribution in [0.25, 0.3) is 0 Å². The number of carbonyl (C=O) groups excluding carboxylic acids is 2. The largest absolute Gasteiger partial charge is 0.352 e. The van der Waals surface area contributed by atoms with E-state index in [4.69, 9.17) is 11.6 Å². The van der Waals surface area contributed by atoms with Crippen LogP contribution in [-0.4, -0.2) is 28.8 Å². The van der Waals surface area contributed by atoms with Gasteiger partial charge in [0, 0.05) is 27.6 Å². The van der Waals surface area contributed by atoms with Crippen molar-refractivity contribution < 1.29 is 14.0 Å². The van der Waals surface area contributed by atoms with Crippen molar-refractivity contribution in [2.24, 2.45) is 0 Å². The zero-order chi connectivity index (χ0) is 21.6. The molecule has 4 nitrogen and oxygen atoms in total. The van der Waals surface area contributed by atoms with Gasteiger partial charge in [0.15, 0.2) is 0 Å². The third kappa shape index (κ3) is 6.54.